The zero-order valence-electron chi connectivity index (χ0n) is 11.2. The van der Waals surface area contributed by atoms with E-state index in [1.54, 1.807) is 6.07 Å². The summed E-state index contributed by atoms with van der Waals surface area (Å²) < 4.78 is 39.1. The number of halogens is 3. The summed E-state index contributed by atoms with van der Waals surface area (Å²) >= 11 is 0. The van der Waals surface area contributed by atoms with Gasteiger partial charge in [-0.15, -0.1) is 0 Å². The smallest absolute Gasteiger partial charge is 0.385 e. The van der Waals surface area contributed by atoms with Gasteiger partial charge in [0, 0.05) is 12.1 Å². The van der Waals surface area contributed by atoms with Crippen molar-refractivity contribution < 1.29 is 18.3 Å². The Hall–Kier alpha value is -1.58. The highest BCUT2D eigenvalue weighted by Crippen LogP contribution is 2.42. The van der Waals surface area contributed by atoms with Gasteiger partial charge in [0.1, 0.15) is 0 Å². The molecule has 2 fully saturated rings. The van der Waals surface area contributed by atoms with Gasteiger partial charge in [-0.1, -0.05) is 6.07 Å². The fourth-order valence-electron chi connectivity index (χ4n) is 3.52. The molecular weight excluding hydrogens is 281 g/mol. The van der Waals surface area contributed by atoms with Crippen molar-refractivity contribution in [1.29, 1.82) is 5.26 Å². The molecule has 2 saturated heterocycles. The fourth-order valence-corrected chi connectivity index (χ4v) is 3.52. The summed E-state index contributed by atoms with van der Waals surface area (Å²) in [5.74, 6) is 0. The molecule has 3 nitrogen and oxygen atoms in total. The van der Waals surface area contributed by atoms with Gasteiger partial charge in [0.05, 0.1) is 22.8 Å². The largest absolute Gasteiger partial charge is 0.417 e. The molecule has 1 aromatic carbocycles. The SMILES string of the molecule is N#Cc1ccc(C2(O)CC3CCC(C2)N3)cc1C(F)(F)F. The fraction of sp³-hybridized carbons (Fsp3) is 0.533. The maximum absolute atomic E-state index is 13.0. The molecule has 0 saturated carbocycles. The molecule has 2 N–H and O–H groups in total. The summed E-state index contributed by atoms with van der Waals surface area (Å²) in [6.07, 6.45) is -1.90. The Labute approximate surface area is 120 Å². The lowest BCUT2D eigenvalue weighted by molar-refractivity contribution is -0.138. The van der Waals surface area contributed by atoms with Crippen LogP contribution < -0.4 is 5.32 Å². The maximum atomic E-state index is 13.0. The van der Waals surface area contributed by atoms with Crippen molar-refractivity contribution in [2.24, 2.45) is 0 Å². The average Bonchev–Trinajstić information content (AvgIpc) is 2.77. The van der Waals surface area contributed by atoms with E-state index in [2.05, 4.69) is 5.32 Å². The number of piperidine rings is 1. The molecule has 2 unspecified atom stereocenters. The Bertz CT molecular complexity index is 594. The Balaban J connectivity index is 2.01. The maximum Gasteiger partial charge on any atom is 0.417 e. The van der Waals surface area contributed by atoms with Gasteiger partial charge >= 0.3 is 6.18 Å². The quantitative estimate of drug-likeness (QED) is 0.837. The minimum absolute atomic E-state index is 0.152. The van der Waals surface area contributed by atoms with Crippen LogP contribution in [0.2, 0.25) is 0 Å². The number of nitriles is 1. The molecule has 0 aromatic heterocycles. The molecular formula is C15H15F3N2O. The predicted octanol–water partition coefficient (Wildman–Crippen LogP) is 2.68. The molecule has 6 heteroatoms. The van der Waals surface area contributed by atoms with Gasteiger partial charge in [-0.25, -0.2) is 0 Å². The number of nitrogens with zero attached hydrogens (tertiary/aromatic N) is 1. The van der Waals surface area contributed by atoms with Gasteiger partial charge in [0.15, 0.2) is 0 Å². The van der Waals surface area contributed by atoms with Crippen LogP contribution >= 0.6 is 0 Å². The summed E-state index contributed by atoms with van der Waals surface area (Å²) in [5, 5.41) is 23.0. The van der Waals surface area contributed by atoms with Crippen LogP contribution in [0.15, 0.2) is 18.2 Å². The van der Waals surface area contributed by atoms with Gasteiger partial charge in [0.2, 0.25) is 0 Å². The van der Waals surface area contributed by atoms with E-state index in [0.29, 0.717) is 12.8 Å². The van der Waals surface area contributed by atoms with E-state index in [1.807, 2.05) is 0 Å². The van der Waals surface area contributed by atoms with Gasteiger partial charge in [-0.3, -0.25) is 0 Å². The van der Waals surface area contributed by atoms with Crippen LogP contribution in [0.4, 0.5) is 13.2 Å². The minimum Gasteiger partial charge on any atom is -0.385 e. The van der Waals surface area contributed by atoms with Crippen molar-refractivity contribution in [3.8, 4) is 6.07 Å². The molecule has 0 amide bonds. The molecule has 2 aliphatic heterocycles. The molecule has 1 aromatic rings. The number of benzene rings is 1. The highest BCUT2D eigenvalue weighted by Gasteiger charge is 2.44. The third-order valence-electron chi connectivity index (χ3n) is 4.49. The highest BCUT2D eigenvalue weighted by molar-refractivity contribution is 5.44. The second-order valence-corrected chi connectivity index (χ2v) is 5.95. The summed E-state index contributed by atoms with van der Waals surface area (Å²) in [6.45, 7) is 0. The number of hydrogen-bond acceptors (Lipinski definition) is 3. The van der Waals surface area contributed by atoms with E-state index in [-0.39, 0.29) is 17.6 Å². The van der Waals surface area contributed by atoms with Crippen LogP contribution in [0.5, 0.6) is 0 Å². The van der Waals surface area contributed by atoms with E-state index in [4.69, 9.17) is 5.26 Å². The first-order chi connectivity index (χ1) is 9.82. The van der Waals surface area contributed by atoms with E-state index < -0.39 is 22.9 Å². The summed E-state index contributed by atoms with van der Waals surface area (Å²) in [6, 6.07) is 5.39. The van der Waals surface area contributed by atoms with E-state index in [0.717, 1.165) is 25.0 Å². The predicted molar refractivity (Wildman–Crippen MR) is 69.2 cm³/mol. The van der Waals surface area contributed by atoms with Crippen molar-refractivity contribution in [1.82, 2.24) is 5.32 Å². The highest BCUT2D eigenvalue weighted by atomic mass is 19.4. The Morgan fingerprint density at radius 1 is 1.24 bits per heavy atom. The van der Waals surface area contributed by atoms with Crippen molar-refractivity contribution >= 4 is 0 Å². The van der Waals surface area contributed by atoms with Crippen molar-refractivity contribution in [3.63, 3.8) is 0 Å². The van der Waals surface area contributed by atoms with Crippen LogP contribution in [0.1, 0.15) is 42.4 Å². The second-order valence-electron chi connectivity index (χ2n) is 5.95. The molecule has 2 atom stereocenters. The summed E-state index contributed by atoms with van der Waals surface area (Å²) in [4.78, 5) is 0. The molecule has 3 rings (SSSR count). The molecule has 0 aliphatic carbocycles. The number of rotatable bonds is 1. The molecule has 0 spiro atoms. The topological polar surface area (TPSA) is 56.0 Å². The second kappa shape index (κ2) is 4.72. The first-order valence-corrected chi connectivity index (χ1v) is 6.92. The number of hydrogen-bond donors (Lipinski definition) is 2. The zero-order valence-corrected chi connectivity index (χ0v) is 11.2. The molecule has 0 radical (unpaired) electrons. The summed E-state index contributed by atoms with van der Waals surface area (Å²) in [7, 11) is 0. The lowest BCUT2D eigenvalue weighted by Crippen LogP contribution is -2.46. The summed E-state index contributed by atoms with van der Waals surface area (Å²) in [5.41, 5.74) is -2.37. The van der Waals surface area contributed by atoms with Gasteiger partial charge in [0.25, 0.3) is 0 Å². The molecule has 2 heterocycles. The number of alkyl halides is 3. The van der Waals surface area contributed by atoms with Gasteiger partial charge in [-0.05, 0) is 43.4 Å². The standard InChI is InChI=1S/C15H15F3N2O/c16-15(17,18)13-5-10(2-1-9(13)8-19)14(21)6-11-3-4-12(7-14)20-11/h1-2,5,11-12,20-21H,3-4,6-7H2. The van der Waals surface area contributed by atoms with Crippen LogP contribution in [0.25, 0.3) is 0 Å². The third-order valence-corrected chi connectivity index (χ3v) is 4.49. The van der Waals surface area contributed by atoms with Crippen molar-refractivity contribution in [2.75, 3.05) is 0 Å². The van der Waals surface area contributed by atoms with E-state index >= 15 is 0 Å². The number of nitrogens with one attached hydrogen (secondary N) is 1. The number of fused-ring (bicyclic) bond motifs is 2. The molecule has 112 valence electrons. The van der Waals surface area contributed by atoms with Crippen molar-refractivity contribution in [2.45, 2.75) is 49.5 Å². The van der Waals surface area contributed by atoms with E-state index in [9.17, 15) is 18.3 Å². The van der Waals surface area contributed by atoms with Crippen LogP contribution in [-0.4, -0.2) is 17.2 Å². The Morgan fingerprint density at radius 3 is 2.38 bits per heavy atom. The van der Waals surface area contributed by atoms with Gasteiger partial charge < -0.3 is 10.4 Å². The van der Waals surface area contributed by atoms with Crippen LogP contribution in [0.3, 0.4) is 0 Å². The first-order valence-electron chi connectivity index (χ1n) is 6.92. The van der Waals surface area contributed by atoms with Crippen molar-refractivity contribution in [3.05, 3.63) is 34.9 Å². The van der Waals surface area contributed by atoms with Crippen LogP contribution in [0, 0.1) is 11.3 Å². The van der Waals surface area contributed by atoms with Crippen LogP contribution in [-0.2, 0) is 11.8 Å². The lowest BCUT2D eigenvalue weighted by Gasteiger charge is -2.37. The monoisotopic (exact) mass is 296 g/mol. The normalized spacial score (nSPS) is 32.0. The molecule has 21 heavy (non-hydrogen) atoms. The zero-order chi connectivity index (χ0) is 15.3. The molecule has 2 bridgehead atoms. The number of aliphatic hydroxyl groups is 1. The minimum atomic E-state index is -4.59. The Morgan fingerprint density at radius 2 is 1.86 bits per heavy atom. The lowest BCUT2D eigenvalue weighted by atomic mass is 9.80. The first kappa shape index (κ1) is 14.4. The van der Waals surface area contributed by atoms with E-state index in [1.165, 1.54) is 6.07 Å². The third kappa shape index (κ3) is 2.52. The van der Waals surface area contributed by atoms with Gasteiger partial charge in [-0.2, -0.15) is 18.4 Å². The Kier molecular flexibility index (Phi) is 3.23. The average molecular weight is 296 g/mol. The molecule has 2 aliphatic rings.